The Bertz CT molecular complexity index is 605. The summed E-state index contributed by atoms with van der Waals surface area (Å²) in [6, 6.07) is 5.48. The first kappa shape index (κ1) is 14.1. The van der Waals surface area contributed by atoms with Gasteiger partial charge in [0.05, 0.1) is 18.9 Å². The summed E-state index contributed by atoms with van der Waals surface area (Å²) in [4.78, 5) is 11.4. The van der Waals surface area contributed by atoms with Gasteiger partial charge >= 0.3 is 5.97 Å². The minimum absolute atomic E-state index is 0.316. The van der Waals surface area contributed by atoms with E-state index in [2.05, 4.69) is 17.3 Å². The van der Waals surface area contributed by atoms with E-state index in [0.29, 0.717) is 12.1 Å². The van der Waals surface area contributed by atoms with Crippen LogP contribution in [0.5, 0.6) is 0 Å². The molecule has 5 nitrogen and oxygen atoms in total. The van der Waals surface area contributed by atoms with E-state index in [1.54, 1.807) is 6.07 Å². The molecule has 0 aliphatic heterocycles. The highest BCUT2D eigenvalue weighted by molar-refractivity contribution is 5.90. The van der Waals surface area contributed by atoms with Gasteiger partial charge < -0.3 is 10.1 Å². The van der Waals surface area contributed by atoms with Crippen molar-refractivity contribution in [1.82, 2.24) is 9.78 Å². The monoisotopic (exact) mass is 273 g/mol. The number of aromatic nitrogens is 2. The maximum atomic E-state index is 11.4. The van der Waals surface area contributed by atoms with Gasteiger partial charge in [-0.05, 0) is 37.6 Å². The summed E-state index contributed by atoms with van der Waals surface area (Å²) in [5.74, 6) is -0.316. The van der Waals surface area contributed by atoms with Gasteiger partial charge in [0.1, 0.15) is 0 Å². The maximum absolute atomic E-state index is 11.4. The van der Waals surface area contributed by atoms with Gasteiger partial charge in [-0.2, -0.15) is 5.10 Å². The second-order valence-electron chi connectivity index (χ2n) is 4.58. The van der Waals surface area contributed by atoms with Crippen molar-refractivity contribution in [2.24, 2.45) is 0 Å². The lowest BCUT2D eigenvalue weighted by Gasteiger charge is -2.09. The minimum atomic E-state index is -0.316. The number of nitrogens with zero attached hydrogens (tertiary/aromatic N) is 2. The Morgan fingerprint density at radius 3 is 2.85 bits per heavy atom. The summed E-state index contributed by atoms with van der Waals surface area (Å²) in [5, 5.41) is 7.58. The average molecular weight is 273 g/mol. The third kappa shape index (κ3) is 3.17. The van der Waals surface area contributed by atoms with Crippen molar-refractivity contribution in [3.05, 3.63) is 47.3 Å². The molecule has 20 heavy (non-hydrogen) atoms. The van der Waals surface area contributed by atoms with Gasteiger partial charge in [-0.15, -0.1) is 0 Å². The fourth-order valence-electron chi connectivity index (χ4n) is 1.97. The zero-order chi connectivity index (χ0) is 14.5. The van der Waals surface area contributed by atoms with Crippen molar-refractivity contribution in [3.63, 3.8) is 0 Å². The van der Waals surface area contributed by atoms with Crippen LogP contribution in [0.1, 0.15) is 28.4 Å². The zero-order valence-corrected chi connectivity index (χ0v) is 12.0. The number of anilines is 1. The van der Waals surface area contributed by atoms with Gasteiger partial charge in [-0.3, -0.25) is 4.68 Å². The Labute approximate surface area is 118 Å². The average Bonchev–Trinajstić information content (AvgIpc) is 2.93. The van der Waals surface area contributed by atoms with E-state index >= 15 is 0 Å². The van der Waals surface area contributed by atoms with E-state index in [1.165, 1.54) is 7.11 Å². The van der Waals surface area contributed by atoms with E-state index in [4.69, 9.17) is 4.74 Å². The van der Waals surface area contributed by atoms with E-state index in [9.17, 15) is 4.79 Å². The van der Waals surface area contributed by atoms with E-state index in [-0.39, 0.29) is 5.97 Å². The molecule has 0 saturated heterocycles. The number of nitrogens with one attached hydrogen (secondary N) is 1. The maximum Gasteiger partial charge on any atom is 0.337 e. The molecule has 1 aromatic carbocycles. The van der Waals surface area contributed by atoms with Crippen molar-refractivity contribution in [2.45, 2.75) is 26.9 Å². The molecule has 0 aliphatic rings. The van der Waals surface area contributed by atoms with Gasteiger partial charge in [0.25, 0.3) is 0 Å². The lowest BCUT2D eigenvalue weighted by molar-refractivity contribution is 0.0600. The molecule has 2 aromatic rings. The fraction of sp³-hybridized carbons (Fsp3) is 0.333. The lowest BCUT2D eigenvalue weighted by Crippen LogP contribution is -2.04. The lowest BCUT2D eigenvalue weighted by atomic mass is 10.1. The first-order valence-electron chi connectivity index (χ1n) is 6.58. The number of rotatable bonds is 5. The van der Waals surface area contributed by atoms with Crippen LogP contribution < -0.4 is 5.32 Å². The number of hydrogen-bond donors (Lipinski definition) is 1. The largest absolute Gasteiger partial charge is 0.465 e. The van der Waals surface area contributed by atoms with Gasteiger partial charge in [0, 0.05) is 30.5 Å². The molecule has 0 atom stereocenters. The number of ether oxygens (including phenoxy) is 1. The Balaban J connectivity index is 2.04. The number of benzene rings is 1. The third-order valence-electron chi connectivity index (χ3n) is 3.14. The molecule has 5 heteroatoms. The van der Waals surface area contributed by atoms with E-state index in [1.807, 2.05) is 36.1 Å². The van der Waals surface area contributed by atoms with Crippen LogP contribution in [0.4, 0.5) is 5.69 Å². The summed E-state index contributed by atoms with van der Waals surface area (Å²) in [6.07, 6.45) is 3.87. The summed E-state index contributed by atoms with van der Waals surface area (Å²) in [7, 11) is 1.38. The van der Waals surface area contributed by atoms with Crippen LogP contribution in [-0.4, -0.2) is 22.9 Å². The van der Waals surface area contributed by atoms with Crippen LogP contribution >= 0.6 is 0 Å². The number of aryl methyl sites for hydroxylation is 2. The van der Waals surface area contributed by atoms with Crippen molar-refractivity contribution in [3.8, 4) is 0 Å². The molecule has 106 valence electrons. The number of methoxy groups -OCH3 is 1. The van der Waals surface area contributed by atoms with Gasteiger partial charge in [0.2, 0.25) is 0 Å². The standard InChI is InChI=1S/C15H19N3O2/c1-4-18-10-12(9-17-18)8-16-14-6-5-13(7-11(14)2)15(19)20-3/h5-7,9-10,16H,4,8H2,1-3H3. The molecular weight excluding hydrogens is 254 g/mol. The number of esters is 1. The van der Waals surface area contributed by atoms with Crippen LogP contribution in [-0.2, 0) is 17.8 Å². The van der Waals surface area contributed by atoms with E-state index < -0.39 is 0 Å². The molecule has 1 heterocycles. The minimum Gasteiger partial charge on any atom is -0.465 e. The molecule has 1 aromatic heterocycles. The number of carbonyl (C=O) groups is 1. The van der Waals surface area contributed by atoms with Crippen molar-refractivity contribution in [2.75, 3.05) is 12.4 Å². The zero-order valence-electron chi connectivity index (χ0n) is 12.0. The van der Waals surface area contributed by atoms with Crippen molar-refractivity contribution >= 4 is 11.7 Å². The Morgan fingerprint density at radius 1 is 1.45 bits per heavy atom. The normalized spacial score (nSPS) is 10.3. The second kappa shape index (κ2) is 6.23. The molecule has 2 rings (SSSR count). The van der Waals surface area contributed by atoms with Crippen molar-refractivity contribution in [1.29, 1.82) is 0 Å². The summed E-state index contributed by atoms with van der Waals surface area (Å²) >= 11 is 0. The van der Waals surface area contributed by atoms with Gasteiger partial charge in [-0.1, -0.05) is 0 Å². The predicted octanol–water partition coefficient (Wildman–Crippen LogP) is 2.61. The molecule has 0 saturated carbocycles. The highest BCUT2D eigenvalue weighted by Crippen LogP contribution is 2.18. The molecule has 0 radical (unpaired) electrons. The first-order valence-corrected chi connectivity index (χ1v) is 6.58. The Hall–Kier alpha value is -2.30. The highest BCUT2D eigenvalue weighted by atomic mass is 16.5. The van der Waals surface area contributed by atoms with Crippen LogP contribution in [0.15, 0.2) is 30.6 Å². The summed E-state index contributed by atoms with van der Waals surface area (Å²) in [5.41, 5.74) is 3.70. The van der Waals surface area contributed by atoms with Crippen LogP contribution in [0.2, 0.25) is 0 Å². The second-order valence-corrected chi connectivity index (χ2v) is 4.58. The molecule has 0 aliphatic carbocycles. The molecule has 0 fully saturated rings. The Kier molecular flexibility index (Phi) is 4.40. The van der Waals surface area contributed by atoms with Crippen LogP contribution in [0.3, 0.4) is 0 Å². The predicted molar refractivity (Wildman–Crippen MR) is 77.7 cm³/mol. The Morgan fingerprint density at radius 2 is 2.25 bits per heavy atom. The molecule has 0 spiro atoms. The smallest absolute Gasteiger partial charge is 0.337 e. The molecule has 0 amide bonds. The quantitative estimate of drug-likeness (QED) is 0.851. The fourth-order valence-corrected chi connectivity index (χ4v) is 1.97. The topological polar surface area (TPSA) is 56.2 Å². The first-order chi connectivity index (χ1) is 9.63. The molecule has 1 N–H and O–H groups in total. The van der Waals surface area contributed by atoms with Gasteiger partial charge in [0.15, 0.2) is 0 Å². The molecular formula is C15H19N3O2. The summed E-state index contributed by atoms with van der Waals surface area (Å²) in [6.45, 7) is 5.59. The summed E-state index contributed by atoms with van der Waals surface area (Å²) < 4.78 is 6.60. The van der Waals surface area contributed by atoms with Crippen LogP contribution in [0.25, 0.3) is 0 Å². The van der Waals surface area contributed by atoms with Gasteiger partial charge in [-0.25, -0.2) is 4.79 Å². The number of hydrogen-bond acceptors (Lipinski definition) is 4. The van der Waals surface area contributed by atoms with Crippen molar-refractivity contribution < 1.29 is 9.53 Å². The third-order valence-corrected chi connectivity index (χ3v) is 3.14. The molecule has 0 unspecified atom stereocenters. The van der Waals surface area contributed by atoms with Crippen LogP contribution in [0, 0.1) is 6.92 Å². The SMILES string of the molecule is CCn1cc(CNc2ccc(C(=O)OC)cc2C)cn1. The van der Waals surface area contributed by atoms with E-state index in [0.717, 1.165) is 23.4 Å². The number of carbonyl (C=O) groups excluding carboxylic acids is 1. The molecule has 0 bridgehead atoms. The highest BCUT2D eigenvalue weighted by Gasteiger charge is 2.07.